The molecule has 140 valence electrons. The summed E-state index contributed by atoms with van der Waals surface area (Å²) in [6.45, 7) is 4.22. The van der Waals surface area contributed by atoms with Gasteiger partial charge in [0, 0.05) is 35.1 Å². The lowest BCUT2D eigenvalue weighted by Crippen LogP contribution is -2.17. The van der Waals surface area contributed by atoms with Crippen LogP contribution in [0.2, 0.25) is 10.0 Å². The second-order valence-electron chi connectivity index (χ2n) is 5.83. The van der Waals surface area contributed by atoms with Gasteiger partial charge in [-0.05, 0) is 37.1 Å². The molecule has 2 rings (SSSR count). The van der Waals surface area contributed by atoms with Gasteiger partial charge in [-0.25, -0.2) is 0 Å². The highest BCUT2D eigenvalue weighted by Crippen LogP contribution is 2.32. The van der Waals surface area contributed by atoms with Crippen molar-refractivity contribution in [2.75, 3.05) is 31.4 Å². The van der Waals surface area contributed by atoms with Crippen molar-refractivity contribution in [2.45, 2.75) is 20.3 Å². The lowest BCUT2D eigenvalue weighted by atomic mass is 10.2. The van der Waals surface area contributed by atoms with Crippen LogP contribution in [0.5, 0.6) is 11.5 Å². The minimum absolute atomic E-state index is 0.137. The third-order valence-corrected chi connectivity index (χ3v) is 4.72. The minimum atomic E-state index is -0.137. The number of halogens is 2. The molecule has 0 fully saturated rings. The molecule has 0 unspecified atom stereocenters. The highest BCUT2D eigenvalue weighted by molar-refractivity contribution is 6.32. The van der Waals surface area contributed by atoms with Gasteiger partial charge in [-0.2, -0.15) is 0 Å². The maximum absolute atomic E-state index is 12.3. The van der Waals surface area contributed by atoms with Crippen LogP contribution in [0.25, 0.3) is 0 Å². The smallest absolute Gasteiger partial charge is 0.226 e. The van der Waals surface area contributed by atoms with Crippen molar-refractivity contribution in [1.29, 1.82) is 0 Å². The van der Waals surface area contributed by atoms with Gasteiger partial charge in [0.2, 0.25) is 5.91 Å². The summed E-state index contributed by atoms with van der Waals surface area (Å²) in [4.78, 5) is 12.3. The Morgan fingerprint density at radius 2 is 1.42 bits per heavy atom. The SMILES string of the molecule is COc1cc(Cl)c(C)cc1NCCC(=O)Nc1cc(C)c(Cl)cc1OC. The van der Waals surface area contributed by atoms with Gasteiger partial charge >= 0.3 is 0 Å². The van der Waals surface area contributed by atoms with Crippen molar-refractivity contribution >= 4 is 40.5 Å². The van der Waals surface area contributed by atoms with Crippen LogP contribution >= 0.6 is 23.2 Å². The van der Waals surface area contributed by atoms with Gasteiger partial charge in [0.05, 0.1) is 25.6 Å². The van der Waals surface area contributed by atoms with E-state index in [0.29, 0.717) is 33.8 Å². The van der Waals surface area contributed by atoms with Gasteiger partial charge < -0.3 is 20.1 Å². The Morgan fingerprint density at radius 1 is 0.923 bits per heavy atom. The third-order valence-electron chi connectivity index (χ3n) is 3.90. The highest BCUT2D eigenvalue weighted by atomic mass is 35.5. The molecule has 26 heavy (non-hydrogen) atoms. The molecule has 1 amide bonds. The Morgan fingerprint density at radius 3 is 1.96 bits per heavy atom. The minimum Gasteiger partial charge on any atom is -0.495 e. The van der Waals surface area contributed by atoms with Crippen molar-refractivity contribution in [3.8, 4) is 11.5 Å². The number of hydrogen-bond donors (Lipinski definition) is 2. The van der Waals surface area contributed by atoms with Gasteiger partial charge in [-0.3, -0.25) is 4.79 Å². The number of aryl methyl sites for hydroxylation is 2. The predicted molar refractivity (Wildman–Crippen MR) is 107 cm³/mol. The van der Waals surface area contributed by atoms with Crippen molar-refractivity contribution in [1.82, 2.24) is 0 Å². The van der Waals surface area contributed by atoms with Crippen LogP contribution in [0.1, 0.15) is 17.5 Å². The number of anilines is 2. The van der Waals surface area contributed by atoms with E-state index in [4.69, 9.17) is 32.7 Å². The second kappa shape index (κ2) is 9.01. The van der Waals surface area contributed by atoms with Crippen LogP contribution in [0.4, 0.5) is 11.4 Å². The Hall–Kier alpha value is -2.11. The molecule has 0 aromatic heterocycles. The van der Waals surface area contributed by atoms with Crippen molar-refractivity contribution < 1.29 is 14.3 Å². The van der Waals surface area contributed by atoms with E-state index < -0.39 is 0 Å². The summed E-state index contributed by atoms with van der Waals surface area (Å²) < 4.78 is 10.6. The van der Waals surface area contributed by atoms with E-state index >= 15 is 0 Å². The Bertz CT molecular complexity index is 810. The molecular weight excluding hydrogens is 375 g/mol. The molecule has 7 heteroatoms. The zero-order valence-corrected chi connectivity index (χ0v) is 16.7. The fraction of sp³-hybridized carbons (Fsp3) is 0.316. The number of ether oxygens (including phenoxy) is 2. The van der Waals surface area contributed by atoms with E-state index in [-0.39, 0.29) is 12.3 Å². The first-order valence-electron chi connectivity index (χ1n) is 8.07. The summed E-state index contributed by atoms with van der Waals surface area (Å²) in [5.74, 6) is 1.02. The normalized spacial score (nSPS) is 10.4. The maximum atomic E-state index is 12.3. The highest BCUT2D eigenvalue weighted by Gasteiger charge is 2.11. The molecule has 2 aromatic rings. The maximum Gasteiger partial charge on any atom is 0.226 e. The summed E-state index contributed by atoms with van der Waals surface area (Å²) >= 11 is 12.2. The van der Waals surface area contributed by atoms with E-state index in [9.17, 15) is 4.79 Å². The zero-order valence-electron chi connectivity index (χ0n) is 15.2. The molecular formula is C19H22Cl2N2O3. The predicted octanol–water partition coefficient (Wildman–Crippen LogP) is 5.07. The fourth-order valence-corrected chi connectivity index (χ4v) is 2.73. The molecule has 0 spiro atoms. The molecule has 0 atom stereocenters. The molecule has 0 radical (unpaired) electrons. The average Bonchev–Trinajstić information content (AvgIpc) is 2.60. The van der Waals surface area contributed by atoms with Crippen molar-refractivity contribution in [3.63, 3.8) is 0 Å². The van der Waals surface area contributed by atoms with Crippen LogP contribution in [-0.2, 0) is 4.79 Å². The number of benzene rings is 2. The molecule has 0 saturated heterocycles. The Balaban J connectivity index is 1.98. The molecule has 0 saturated carbocycles. The van der Waals surface area contributed by atoms with Gasteiger partial charge in [0.1, 0.15) is 11.5 Å². The lowest BCUT2D eigenvalue weighted by Gasteiger charge is -2.14. The molecule has 0 aliphatic carbocycles. The quantitative estimate of drug-likeness (QED) is 0.685. The van der Waals surface area contributed by atoms with Crippen molar-refractivity contribution in [3.05, 3.63) is 45.4 Å². The van der Waals surface area contributed by atoms with Gasteiger partial charge in [0.25, 0.3) is 0 Å². The van der Waals surface area contributed by atoms with E-state index in [1.54, 1.807) is 25.3 Å². The molecule has 2 N–H and O–H groups in total. The second-order valence-corrected chi connectivity index (χ2v) is 6.64. The molecule has 0 aliphatic heterocycles. The van der Waals surface area contributed by atoms with E-state index in [2.05, 4.69) is 10.6 Å². The number of hydrogen-bond acceptors (Lipinski definition) is 4. The largest absolute Gasteiger partial charge is 0.495 e. The molecule has 0 heterocycles. The van der Waals surface area contributed by atoms with Gasteiger partial charge in [0.15, 0.2) is 0 Å². The summed E-state index contributed by atoms with van der Waals surface area (Å²) in [6.07, 6.45) is 0.273. The van der Waals surface area contributed by atoms with Crippen LogP contribution < -0.4 is 20.1 Å². The molecule has 2 aromatic carbocycles. The zero-order chi connectivity index (χ0) is 19.3. The van der Waals surface area contributed by atoms with E-state index in [0.717, 1.165) is 16.8 Å². The monoisotopic (exact) mass is 396 g/mol. The van der Waals surface area contributed by atoms with Crippen LogP contribution in [0.15, 0.2) is 24.3 Å². The third kappa shape index (κ3) is 4.96. The fourth-order valence-electron chi connectivity index (χ4n) is 2.42. The van der Waals surface area contributed by atoms with E-state index in [1.165, 1.54) is 7.11 Å². The standard InChI is InChI=1S/C19H22Cl2N2O3/c1-11-7-15(17(25-3)9-13(11)20)22-6-5-19(24)23-16-8-12(2)14(21)10-18(16)26-4/h7-10,22H,5-6H2,1-4H3,(H,23,24). The van der Waals surface area contributed by atoms with Crippen LogP contribution in [0.3, 0.4) is 0 Å². The number of rotatable bonds is 7. The molecule has 0 aliphatic rings. The number of methoxy groups -OCH3 is 2. The van der Waals surface area contributed by atoms with Gasteiger partial charge in [-0.1, -0.05) is 23.2 Å². The van der Waals surface area contributed by atoms with Crippen LogP contribution in [0, 0.1) is 13.8 Å². The molecule has 5 nitrogen and oxygen atoms in total. The molecule has 0 bridgehead atoms. The first kappa shape index (κ1) is 20.2. The Labute approximate surface area is 163 Å². The lowest BCUT2D eigenvalue weighted by molar-refractivity contribution is -0.116. The summed E-state index contributed by atoms with van der Waals surface area (Å²) in [6, 6.07) is 7.12. The first-order chi connectivity index (χ1) is 12.3. The number of amides is 1. The summed E-state index contributed by atoms with van der Waals surface area (Å²) in [7, 11) is 3.11. The van der Waals surface area contributed by atoms with Crippen LogP contribution in [-0.4, -0.2) is 26.7 Å². The van der Waals surface area contributed by atoms with Crippen molar-refractivity contribution in [2.24, 2.45) is 0 Å². The average molecular weight is 397 g/mol. The number of carbonyl (C=O) groups is 1. The summed E-state index contributed by atoms with van der Waals surface area (Å²) in [5, 5.41) is 7.28. The first-order valence-corrected chi connectivity index (χ1v) is 8.83. The number of nitrogens with one attached hydrogen (secondary N) is 2. The summed E-state index contributed by atoms with van der Waals surface area (Å²) in [5.41, 5.74) is 3.18. The van der Waals surface area contributed by atoms with E-state index in [1.807, 2.05) is 19.9 Å². The Kier molecular flexibility index (Phi) is 7.00. The topological polar surface area (TPSA) is 59.6 Å². The number of carbonyl (C=O) groups excluding carboxylic acids is 1. The van der Waals surface area contributed by atoms with Gasteiger partial charge in [-0.15, -0.1) is 0 Å².